The van der Waals surface area contributed by atoms with E-state index in [1.165, 1.54) is 50.4 Å². The average molecular weight is 314 g/mol. The molecule has 0 unspecified atom stereocenters. The van der Waals surface area contributed by atoms with Crippen LogP contribution in [-0.2, 0) is 9.53 Å². The topological polar surface area (TPSA) is 35.5 Å². The van der Waals surface area contributed by atoms with Crippen LogP contribution in [0.5, 0.6) is 5.75 Å². The molecule has 23 heavy (non-hydrogen) atoms. The van der Waals surface area contributed by atoms with Gasteiger partial charge in [0.2, 0.25) is 0 Å². The molecule has 1 aliphatic rings. The number of hydrogen-bond acceptors (Lipinski definition) is 3. The molecular formula is C20H26O3. The van der Waals surface area contributed by atoms with E-state index >= 15 is 0 Å². The summed E-state index contributed by atoms with van der Waals surface area (Å²) < 4.78 is 9.91. The van der Waals surface area contributed by atoms with E-state index in [9.17, 15) is 4.79 Å². The first-order chi connectivity index (χ1) is 11.2. The standard InChI is InChI=1S/C20H26O3/c1-22-18-14-12-17(13-15-18)19(16-8-4-3-5-9-16)10-6-7-11-20(21)23-2/h6-7,10,12-16H,3-5,8-9,11H2,1-2H3/b7-6+,19-10-. The van der Waals surface area contributed by atoms with E-state index in [2.05, 4.69) is 22.9 Å². The SMILES string of the molecule is COC(=O)C/C=C/C=C(\c1ccc(OC)cc1)C1CCCCC1. The van der Waals surface area contributed by atoms with Crippen molar-refractivity contribution in [2.45, 2.75) is 38.5 Å². The van der Waals surface area contributed by atoms with Gasteiger partial charge in [-0.25, -0.2) is 0 Å². The molecule has 0 N–H and O–H groups in total. The zero-order valence-corrected chi connectivity index (χ0v) is 14.1. The molecule has 124 valence electrons. The Kier molecular flexibility index (Phi) is 6.92. The Morgan fingerprint density at radius 1 is 1.13 bits per heavy atom. The molecule has 2 rings (SSSR count). The lowest BCUT2D eigenvalue weighted by atomic mass is 9.80. The van der Waals surface area contributed by atoms with Gasteiger partial charge in [0, 0.05) is 0 Å². The molecule has 0 aliphatic heterocycles. The van der Waals surface area contributed by atoms with Crippen LogP contribution in [-0.4, -0.2) is 20.2 Å². The fraction of sp³-hybridized carbons (Fsp3) is 0.450. The first kappa shape index (κ1) is 17.3. The Balaban J connectivity index is 2.17. The second-order valence-corrected chi connectivity index (χ2v) is 5.89. The molecule has 0 atom stereocenters. The van der Waals surface area contributed by atoms with Crippen LogP contribution in [0.2, 0.25) is 0 Å². The molecule has 0 radical (unpaired) electrons. The highest BCUT2D eigenvalue weighted by atomic mass is 16.5. The third kappa shape index (κ3) is 5.27. The van der Waals surface area contributed by atoms with E-state index in [0.717, 1.165) is 5.75 Å². The maximum Gasteiger partial charge on any atom is 0.309 e. The van der Waals surface area contributed by atoms with E-state index in [1.807, 2.05) is 24.3 Å². The number of esters is 1. The van der Waals surface area contributed by atoms with Gasteiger partial charge in [0.1, 0.15) is 5.75 Å². The maximum absolute atomic E-state index is 11.2. The number of methoxy groups -OCH3 is 2. The fourth-order valence-electron chi connectivity index (χ4n) is 3.08. The van der Waals surface area contributed by atoms with Crippen molar-refractivity contribution >= 4 is 11.5 Å². The van der Waals surface area contributed by atoms with Crippen LogP contribution in [0.15, 0.2) is 42.5 Å². The molecule has 3 nitrogen and oxygen atoms in total. The van der Waals surface area contributed by atoms with Crippen molar-refractivity contribution in [1.82, 2.24) is 0 Å². The largest absolute Gasteiger partial charge is 0.497 e. The predicted molar refractivity (Wildman–Crippen MR) is 93.3 cm³/mol. The molecule has 0 aromatic heterocycles. The lowest BCUT2D eigenvalue weighted by molar-refractivity contribution is -0.139. The molecule has 0 amide bonds. The van der Waals surface area contributed by atoms with Crippen LogP contribution in [0, 0.1) is 5.92 Å². The second kappa shape index (κ2) is 9.19. The molecule has 0 spiro atoms. The first-order valence-corrected chi connectivity index (χ1v) is 8.32. The second-order valence-electron chi connectivity index (χ2n) is 5.89. The number of allylic oxidation sites excluding steroid dienone is 3. The maximum atomic E-state index is 11.2. The number of hydrogen-bond donors (Lipinski definition) is 0. The average Bonchev–Trinajstić information content (AvgIpc) is 2.62. The summed E-state index contributed by atoms with van der Waals surface area (Å²) in [7, 11) is 3.10. The van der Waals surface area contributed by atoms with Crippen molar-refractivity contribution in [3.63, 3.8) is 0 Å². The normalized spacial score (nSPS) is 16.5. The highest BCUT2D eigenvalue weighted by molar-refractivity contribution is 5.72. The highest BCUT2D eigenvalue weighted by Gasteiger charge is 2.18. The molecule has 3 heteroatoms. The van der Waals surface area contributed by atoms with E-state index < -0.39 is 0 Å². The first-order valence-electron chi connectivity index (χ1n) is 8.32. The Bertz CT molecular complexity index is 549. The molecule has 1 saturated carbocycles. The molecule has 1 aromatic rings. The van der Waals surface area contributed by atoms with Gasteiger partial charge in [-0.3, -0.25) is 4.79 Å². The van der Waals surface area contributed by atoms with Crippen LogP contribution < -0.4 is 4.74 Å². The minimum atomic E-state index is -0.210. The van der Waals surface area contributed by atoms with E-state index in [0.29, 0.717) is 12.3 Å². The Morgan fingerprint density at radius 3 is 2.43 bits per heavy atom. The molecule has 0 saturated heterocycles. The summed E-state index contributed by atoms with van der Waals surface area (Å²) >= 11 is 0. The zero-order valence-electron chi connectivity index (χ0n) is 14.1. The molecule has 1 aliphatic carbocycles. The third-order valence-electron chi connectivity index (χ3n) is 4.39. The van der Waals surface area contributed by atoms with Crippen molar-refractivity contribution in [2.24, 2.45) is 5.92 Å². The van der Waals surface area contributed by atoms with Crippen LogP contribution in [0.1, 0.15) is 44.1 Å². The van der Waals surface area contributed by atoms with Gasteiger partial charge < -0.3 is 9.47 Å². The summed E-state index contributed by atoms with van der Waals surface area (Å²) in [4.78, 5) is 11.2. The number of ether oxygens (including phenoxy) is 2. The third-order valence-corrected chi connectivity index (χ3v) is 4.39. The Morgan fingerprint density at radius 2 is 1.83 bits per heavy atom. The van der Waals surface area contributed by atoms with Crippen LogP contribution in [0.3, 0.4) is 0 Å². The fourth-order valence-corrected chi connectivity index (χ4v) is 3.08. The Hall–Kier alpha value is -2.03. The van der Waals surface area contributed by atoms with Gasteiger partial charge in [-0.2, -0.15) is 0 Å². The van der Waals surface area contributed by atoms with Crippen molar-refractivity contribution in [3.8, 4) is 5.75 Å². The summed E-state index contributed by atoms with van der Waals surface area (Å²) in [5.74, 6) is 1.26. The predicted octanol–water partition coefficient (Wildman–Crippen LogP) is 4.78. The lowest BCUT2D eigenvalue weighted by Gasteiger charge is -2.25. The Labute approximate surface area is 139 Å². The molecule has 1 fully saturated rings. The number of carbonyl (C=O) groups excluding carboxylic acids is 1. The van der Waals surface area contributed by atoms with Crippen molar-refractivity contribution in [1.29, 1.82) is 0 Å². The van der Waals surface area contributed by atoms with Crippen molar-refractivity contribution in [2.75, 3.05) is 14.2 Å². The summed E-state index contributed by atoms with van der Waals surface area (Å²) in [5, 5.41) is 0. The van der Waals surface area contributed by atoms with Crippen molar-refractivity contribution in [3.05, 3.63) is 48.1 Å². The van der Waals surface area contributed by atoms with Gasteiger partial charge in [0.15, 0.2) is 0 Å². The summed E-state index contributed by atoms with van der Waals surface area (Å²) in [6.07, 6.45) is 12.7. The van der Waals surface area contributed by atoms with Crippen LogP contribution >= 0.6 is 0 Å². The lowest BCUT2D eigenvalue weighted by Crippen LogP contribution is -2.08. The molecule has 0 bridgehead atoms. The van der Waals surface area contributed by atoms with Gasteiger partial charge >= 0.3 is 5.97 Å². The molecule has 1 aromatic carbocycles. The smallest absolute Gasteiger partial charge is 0.309 e. The van der Waals surface area contributed by atoms with E-state index in [1.54, 1.807) is 7.11 Å². The number of rotatable bonds is 6. The van der Waals surface area contributed by atoms with E-state index in [4.69, 9.17) is 4.74 Å². The number of benzene rings is 1. The molecular weight excluding hydrogens is 288 g/mol. The number of carbonyl (C=O) groups is 1. The highest BCUT2D eigenvalue weighted by Crippen LogP contribution is 2.35. The summed E-state index contributed by atoms with van der Waals surface area (Å²) in [5.41, 5.74) is 2.59. The quantitative estimate of drug-likeness (QED) is 0.560. The van der Waals surface area contributed by atoms with Crippen LogP contribution in [0.4, 0.5) is 0 Å². The van der Waals surface area contributed by atoms with Gasteiger partial charge in [-0.1, -0.05) is 49.6 Å². The molecule has 0 heterocycles. The van der Waals surface area contributed by atoms with Crippen LogP contribution in [0.25, 0.3) is 5.57 Å². The van der Waals surface area contributed by atoms with Gasteiger partial charge in [0.25, 0.3) is 0 Å². The zero-order chi connectivity index (χ0) is 16.5. The van der Waals surface area contributed by atoms with E-state index in [-0.39, 0.29) is 5.97 Å². The van der Waals surface area contributed by atoms with Gasteiger partial charge in [-0.15, -0.1) is 0 Å². The van der Waals surface area contributed by atoms with Gasteiger partial charge in [-0.05, 0) is 42.0 Å². The van der Waals surface area contributed by atoms with Gasteiger partial charge in [0.05, 0.1) is 20.6 Å². The summed E-state index contributed by atoms with van der Waals surface area (Å²) in [6.45, 7) is 0. The van der Waals surface area contributed by atoms with Crippen molar-refractivity contribution < 1.29 is 14.3 Å². The minimum Gasteiger partial charge on any atom is -0.497 e. The summed E-state index contributed by atoms with van der Waals surface area (Å²) in [6, 6.07) is 8.25. The minimum absolute atomic E-state index is 0.210. The monoisotopic (exact) mass is 314 g/mol.